The van der Waals surface area contributed by atoms with E-state index >= 15 is 0 Å². The summed E-state index contributed by atoms with van der Waals surface area (Å²) in [7, 11) is 0. The molecule has 0 atom stereocenters. The van der Waals surface area contributed by atoms with Crippen LogP contribution in [-0.2, 0) is 6.54 Å². The summed E-state index contributed by atoms with van der Waals surface area (Å²) in [5, 5.41) is 3.00. The lowest BCUT2D eigenvalue weighted by Crippen LogP contribution is -2.35. The van der Waals surface area contributed by atoms with Gasteiger partial charge in [0, 0.05) is 23.2 Å². The van der Waals surface area contributed by atoms with E-state index in [0.29, 0.717) is 13.1 Å². The molecule has 0 aliphatic heterocycles. The van der Waals surface area contributed by atoms with Gasteiger partial charge in [-0.2, -0.15) is 0 Å². The summed E-state index contributed by atoms with van der Waals surface area (Å²) in [4.78, 5) is 14.8. The molecule has 0 heterocycles. The number of hydrogen-bond acceptors (Lipinski definition) is 1. The van der Waals surface area contributed by atoms with Crippen LogP contribution in [0.2, 0.25) is 0 Å². The van der Waals surface area contributed by atoms with Crippen LogP contribution in [0.1, 0.15) is 18.1 Å². The van der Waals surface area contributed by atoms with Crippen molar-refractivity contribution in [1.82, 2.24) is 4.90 Å². The highest BCUT2D eigenvalue weighted by Crippen LogP contribution is 2.16. The van der Waals surface area contributed by atoms with Crippen LogP contribution in [-0.4, -0.2) is 17.5 Å². The molecule has 142 valence electrons. The zero-order chi connectivity index (χ0) is 19.8. The third kappa shape index (κ3) is 6.10. The van der Waals surface area contributed by atoms with Gasteiger partial charge in [-0.15, -0.1) is 0 Å². The van der Waals surface area contributed by atoms with Gasteiger partial charge in [0.1, 0.15) is 0 Å². The standard InChI is InChI=1S/C24H23BrN2O/c1-19(16-20-8-4-2-5-9-20)17-27(18-21-10-6-3-7-11-21)24(28)26-23-14-12-22(25)13-15-23/h2-16H,17-18H2,1H3,(H,26,28)/b19-16+. The maximum atomic E-state index is 13.0. The smallest absolute Gasteiger partial charge is 0.316 e. The molecule has 0 unspecified atom stereocenters. The maximum absolute atomic E-state index is 13.0. The molecule has 0 fully saturated rings. The van der Waals surface area contributed by atoms with Crippen molar-refractivity contribution in [2.75, 3.05) is 11.9 Å². The molecule has 0 aliphatic carbocycles. The third-order valence-electron chi connectivity index (χ3n) is 4.25. The molecule has 3 aromatic rings. The van der Waals surface area contributed by atoms with Gasteiger partial charge in [0.2, 0.25) is 0 Å². The van der Waals surface area contributed by atoms with Crippen LogP contribution in [0.25, 0.3) is 6.08 Å². The Balaban J connectivity index is 1.76. The first-order valence-electron chi connectivity index (χ1n) is 9.18. The van der Waals surface area contributed by atoms with Gasteiger partial charge < -0.3 is 10.2 Å². The molecule has 3 nitrogen and oxygen atoms in total. The van der Waals surface area contributed by atoms with Crippen molar-refractivity contribution in [2.24, 2.45) is 0 Å². The van der Waals surface area contributed by atoms with Crippen molar-refractivity contribution in [3.05, 3.63) is 106 Å². The molecule has 0 aliphatic rings. The summed E-state index contributed by atoms with van der Waals surface area (Å²) in [5.74, 6) is 0. The number of urea groups is 1. The van der Waals surface area contributed by atoms with Gasteiger partial charge in [0.05, 0.1) is 0 Å². The molecule has 0 bridgehead atoms. The molecule has 0 radical (unpaired) electrons. The average Bonchev–Trinajstić information content (AvgIpc) is 2.71. The van der Waals surface area contributed by atoms with E-state index in [1.165, 1.54) is 0 Å². The van der Waals surface area contributed by atoms with E-state index in [4.69, 9.17) is 0 Å². The zero-order valence-corrected chi connectivity index (χ0v) is 17.4. The number of benzene rings is 3. The van der Waals surface area contributed by atoms with Gasteiger partial charge in [-0.25, -0.2) is 4.79 Å². The second-order valence-electron chi connectivity index (χ2n) is 6.68. The van der Waals surface area contributed by atoms with Crippen LogP contribution in [0.4, 0.5) is 10.5 Å². The van der Waals surface area contributed by atoms with Crippen molar-refractivity contribution in [3.63, 3.8) is 0 Å². The fourth-order valence-electron chi connectivity index (χ4n) is 2.92. The van der Waals surface area contributed by atoms with E-state index in [-0.39, 0.29) is 6.03 Å². The molecule has 0 aromatic heterocycles. The molecule has 28 heavy (non-hydrogen) atoms. The van der Waals surface area contributed by atoms with Crippen molar-refractivity contribution >= 4 is 33.7 Å². The fourth-order valence-corrected chi connectivity index (χ4v) is 3.18. The Morgan fingerprint density at radius 2 is 1.54 bits per heavy atom. The van der Waals surface area contributed by atoms with Crippen LogP contribution in [0.3, 0.4) is 0 Å². The molecule has 2 amide bonds. The molecule has 4 heteroatoms. The Bertz CT molecular complexity index is 922. The highest BCUT2D eigenvalue weighted by molar-refractivity contribution is 9.10. The van der Waals surface area contributed by atoms with Gasteiger partial charge in [-0.3, -0.25) is 0 Å². The van der Waals surface area contributed by atoms with Crippen LogP contribution in [0, 0.1) is 0 Å². The summed E-state index contributed by atoms with van der Waals surface area (Å²) < 4.78 is 0.980. The highest BCUT2D eigenvalue weighted by Gasteiger charge is 2.15. The average molecular weight is 435 g/mol. The Hall–Kier alpha value is -2.85. The van der Waals surface area contributed by atoms with Crippen molar-refractivity contribution in [2.45, 2.75) is 13.5 Å². The lowest BCUT2D eigenvalue weighted by molar-refractivity contribution is 0.214. The SMILES string of the molecule is C/C(=C\c1ccccc1)CN(Cc1ccccc1)C(=O)Nc1ccc(Br)cc1. The second kappa shape index (κ2) is 9.90. The summed E-state index contributed by atoms with van der Waals surface area (Å²) in [6.07, 6.45) is 2.12. The minimum Gasteiger partial charge on any atom is -0.316 e. The Kier molecular flexibility index (Phi) is 7.04. The first-order valence-corrected chi connectivity index (χ1v) is 9.97. The van der Waals surface area contributed by atoms with E-state index in [1.54, 1.807) is 0 Å². The topological polar surface area (TPSA) is 32.3 Å². The normalized spacial score (nSPS) is 11.1. The molecule has 1 N–H and O–H groups in total. The number of hydrogen-bond donors (Lipinski definition) is 1. The molecular formula is C24H23BrN2O. The van der Waals surface area contributed by atoms with E-state index in [1.807, 2.05) is 77.7 Å². The molecule has 0 saturated heterocycles. The first kappa shape index (κ1) is 19.9. The third-order valence-corrected chi connectivity index (χ3v) is 4.78. The van der Waals surface area contributed by atoms with E-state index < -0.39 is 0 Å². The van der Waals surface area contributed by atoms with Crippen LogP contribution >= 0.6 is 15.9 Å². The van der Waals surface area contributed by atoms with Gasteiger partial charge in [0.25, 0.3) is 0 Å². The predicted octanol–water partition coefficient (Wildman–Crippen LogP) is 6.59. The Labute approximate surface area is 174 Å². The maximum Gasteiger partial charge on any atom is 0.322 e. The van der Waals surface area contributed by atoms with Gasteiger partial charge in [0.15, 0.2) is 0 Å². The monoisotopic (exact) mass is 434 g/mol. The number of nitrogens with one attached hydrogen (secondary N) is 1. The van der Waals surface area contributed by atoms with Gasteiger partial charge in [-0.05, 0) is 42.3 Å². The number of carbonyl (C=O) groups excluding carboxylic acids is 1. The quantitative estimate of drug-likeness (QED) is 0.466. The Morgan fingerprint density at radius 3 is 2.18 bits per heavy atom. The minimum absolute atomic E-state index is 0.119. The highest BCUT2D eigenvalue weighted by atomic mass is 79.9. The number of halogens is 1. The van der Waals surface area contributed by atoms with Crippen LogP contribution in [0.15, 0.2) is 95.0 Å². The first-order chi connectivity index (χ1) is 13.6. The second-order valence-corrected chi connectivity index (χ2v) is 7.60. The van der Waals surface area contributed by atoms with Gasteiger partial charge in [-0.1, -0.05) is 88.2 Å². The molecule has 3 rings (SSSR count). The van der Waals surface area contributed by atoms with Gasteiger partial charge >= 0.3 is 6.03 Å². The lowest BCUT2D eigenvalue weighted by Gasteiger charge is -2.24. The molecule has 0 spiro atoms. The fraction of sp³-hybridized carbons (Fsp3) is 0.125. The van der Waals surface area contributed by atoms with Crippen molar-refractivity contribution in [1.29, 1.82) is 0 Å². The minimum atomic E-state index is -0.119. The summed E-state index contributed by atoms with van der Waals surface area (Å²) in [6, 6.07) is 27.7. The molecule has 3 aromatic carbocycles. The number of anilines is 1. The summed E-state index contributed by atoms with van der Waals surface area (Å²) in [5.41, 5.74) is 4.12. The van der Waals surface area contributed by atoms with Crippen LogP contribution in [0.5, 0.6) is 0 Å². The number of amides is 2. The largest absolute Gasteiger partial charge is 0.322 e. The predicted molar refractivity (Wildman–Crippen MR) is 120 cm³/mol. The number of rotatable bonds is 6. The lowest BCUT2D eigenvalue weighted by atomic mass is 10.1. The molecular weight excluding hydrogens is 412 g/mol. The van der Waals surface area contributed by atoms with Crippen molar-refractivity contribution in [3.8, 4) is 0 Å². The van der Waals surface area contributed by atoms with Crippen molar-refractivity contribution < 1.29 is 4.79 Å². The van der Waals surface area contributed by atoms with E-state index in [9.17, 15) is 4.79 Å². The Morgan fingerprint density at radius 1 is 0.929 bits per heavy atom. The number of nitrogens with zero attached hydrogens (tertiary/aromatic N) is 1. The number of carbonyl (C=O) groups is 1. The van der Waals surface area contributed by atoms with Crippen LogP contribution < -0.4 is 5.32 Å². The van der Waals surface area contributed by atoms with E-state index in [2.05, 4.69) is 46.4 Å². The van der Waals surface area contributed by atoms with E-state index in [0.717, 1.165) is 26.9 Å². The summed E-state index contributed by atoms with van der Waals surface area (Å²) >= 11 is 3.42. The zero-order valence-electron chi connectivity index (χ0n) is 15.8. The molecule has 0 saturated carbocycles. The summed E-state index contributed by atoms with van der Waals surface area (Å²) in [6.45, 7) is 3.15.